The molecule has 0 aliphatic carbocycles. The van der Waals surface area contributed by atoms with E-state index < -0.39 is 0 Å². The zero-order valence-corrected chi connectivity index (χ0v) is 14.2. The molecule has 0 amide bonds. The van der Waals surface area contributed by atoms with E-state index in [0.29, 0.717) is 11.1 Å². The van der Waals surface area contributed by atoms with Crippen LogP contribution in [0.15, 0.2) is 48.5 Å². The Hall–Kier alpha value is -1.55. The third-order valence-corrected chi connectivity index (χ3v) is 4.60. The highest BCUT2D eigenvalue weighted by atomic mass is 35.5. The summed E-state index contributed by atoms with van der Waals surface area (Å²) >= 11 is 6.10. The van der Waals surface area contributed by atoms with E-state index in [2.05, 4.69) is 46.6 Å². The fraction of sp³-hybridized carbons (Fsp3) is 0.368. The second-order valence-electron chi connectivity index (χ2n) is 6.04. The molecule has 1 heterocycles. The lowest BCUT2D eigenvalue weighted by Crippen LogP contribution is -2.51. The van der Waals surface area contributed by atoms with Crippen LogP contribution in [0.4, 0.5) is 0 Å². The summed E-state index contributed by atoms with van der Waals surface area (Å²) < 4.78 is 5.31. The third kappa shape index (κ3) is 4.47. The van der Waals surface area contributed by atoms with Crippen molar-refractivity contribution >= 4 is 11.6 Å². The Kier molecular flexibility index (Phi) is 5.55. The average molecular weight is 331 g/mol. The van der Waals surface area contributed by atoms with Crippen LogP contribution in [-0.2, 0) is 13.0 Å². The molecule has 0 saturated carbocycles. The molecule has 0 bridgehead atoms. The van der Waals surface area contributed by atoms with E-state index >= 15 is 0 Å². The molecule has 2 aromatic rings. The van der Waals surface area contributed by atoms with Gasteiger partial charge in [0, 0.05) is 32.2 Å². The largest absolute Gasteiger partial charge is 0.495 e. The van der Waals surface area contributed by atoms with Gasteiger partial charge in [-0.1, -0.05) is 48.0 Å². The van der Waals surface area contributed by atoms with Gasteiger partial charge >= 0.3 is 0 Å². The van der Waals surface area contributed by atoms with Crippen LogP contribution in [0.3, 0.4) is 0 Å². The van der Waals surface area contributed by atoms with E-state index in [-0.39, 0.29) is 0 Å². The van der Waals surface area contributed by atoms with E-state index in [1.807, 2.05) is 12.1 Å². The van der Waals surface area contributed by atoms with Crippen molar-refractivity contribution in [2.75, 3.05) is 26.7 Å². The van der Waals surface area contributed by atoms with Crippen LogP contribution in [0.5, 0.6) is 5.75 Å². The second-order valence-corrected chi connectivity index (χ2v) is 6.45. The van der Waals surface area contributed by atoms with E-state index in [9.17, 15) is 0 Å². The van der Waals surface area contributed by atoms with Crippen molar-refractivity contribution in [3.63, 3.8) is 0 Å². The lowest BCUT2D eigenvalue weighted by Gasteiger charge is -2.34. The number of nitrogens with zero attached hydrogens (tertiary/aromatic N) is 1. The van der Waals surface area contributed by atoms with Crippen LogP contribution in [0.2, 0.25) is 5.02 Å². The number of piperazine rings is 1. The third-order valence-electron chi connectivity index (χ3n) is 4.29. The fourth-order valence-corrected chi connectivity index (χ4v) is 3.33. The Balaban J connectivity index is 1.60. The summed E-state index contributed by atoms with van der Waals surface area (Å²) in [5.74, 6) is 0.751. The van der Waals surface area contributed by atoms with Gasteiger partial charge in [-0.2, -0.15) is 0 Å². The molecular weight excluding hydrogens is 308 g/mol. The molecule has 3 rings (SSSR count). The quantitative estimate of drug-likeness (QED) is 0.909. The van der Waals surface area contributed by atoms with Crippen molar-refractivity contribution in [1.29, 1.82) is 0 Å². The predicted octanol–water partition coefficient (Wildman–Crippen LogP) is 3.37. The molecule has 0 unspecified atom stereocenters. The summed E-state index contributed by atoms with van der Waals surface area (Å²) in [7, 11) is 1.66. The number of hydrogen-bond acceptors (Lipinski definition) is 3. The Labute approximate surface area is 143 Å². The first kappa shape index (κ1) is 16.3. The van der Waals surface area contributed by atoms with Gasteiger partial charge in [0.2, 0.25) is 0 Å². The minimum Gasteiger partial charge on any atom is -0.495 e. The summed E-state index contributed by atoms with van der Waals surface area (Å²) in [6.45, 7) is 4.19. The fourth-order valence-electron chi connectivity index (χ4n) is 3.13. The molecule has 1 atom stereocenters. The van der Waals surface area contributed by atoms with Gasteiger partial charge in [-0.3, -0.25) is 4.90 Å². The highest BCUT2D eigenvalue weighted by Crippen LogP contribution is 2.25. The van der Waals surface area contributed by atoms with Gasteiger partial charge in [0.15, 0.2) is 0 Å². The standard InChI is InChI=1S/C19H23ClN2O/c1-23-19-12-16(7-8-18(19)20)11-17-14-22(10-9-21-17)13-15-5-3-2-4-6-15/h2-8,12,17,21H,9-11,13-14H2,1H3/t17-/m1/s1. The number of methoxy groups -OCH3 is 1. The van der Waals surface area contributed by atoms with Crippen LogP contribution in [0.25, 0.3) is 0 Å². The van der Waals surface area contributed by atoms with Crippen LogP contribution in [-0.4, -0.2) is 37.7 Å². The first-order chi connectivity index (χ1) is 11.2. The molecule has 1 fully saturated rings. The number of ether oxygens (including phenoxy) is 1. The highest BCUT2D eigenvalue weighted by molar-refractivity contribution is 6.32. The molecule has 0 radical (unpaired) electrons. The molecule has 1 saturated heterocycles. The molecule has 4 heteroatoms. The van der Waals surface area contributed by atoms with Crippen LogP contribution >= 0.6 is 11.6 Å². The molecule has 1 N–H and O–H groups in total. The molecule has 1 aliphatic heterocycles. The normalized spacial score (nSPS) is 18.8. The Morgan fingerprint density at radius 1 is 1.17 bits per heavy atom. The zero-order valence-electron chi connectivity index (χ0n) is 13.5. The maximum absolute atomic E-state index is 6.10. The van der Waals surface area contributed by atoms with E-state index in [1.54, 1.807) is 7.11 Å². The molecule has 23 heavy (non-hydrogen) atoms. The first-order valence-electron chi connectivity index (χ1n) is 8.06. The average Bonchev–Trinajstić information content (AvgIpc) is 2.58. The topological polar surface area (TPSA) is 24.5 Å². The number of hydrogen-bond donors (Lipinski definition) is 1. The van der Waals surface area contributed by atoms with Crippen molar-refractivity contribution in [3.05, 3.63) is 64.7 Å². The number of halogens is 1. The summed E-state index contributed by atoms with van der Waals surface area (Å²) in [4.78, 5) is 2.52. The van der Waals surface area contributed by atoms with Gasteiger partial charge in [-0.15, -0.1) is 0 Å². The molecule has 0 spiro atoms. The summed E-state index contributed by atoms with van der Waals surface area (Å²) in [5, 5.41) is 4.29. The lowest BCUT2D eigenvalue weighted by molar-refractivity contribution is 0.192. The van der Waals surface area contributed by atoms with Gasteiger partial charge in [0.05, 0.1) is 12.1 Å². The van der Waals surface area contributed by atoms with Gasteiger partial charge in [0.1, 0.15) is 5.75 Å². The molecule has 1 aliphatic rings. The lowest BCUT2D eigenvalue weighted by atomic mass is 10.0. The maximum atomic E-state index is 6.10. The van der Waals surface area contributed by atoms with Crippen molar-refractivity contribution in [2.45, 2.75) is 19.0 Å². The molecular formula is C19H23ClN2O. The smallest absolute Gasteiger partial charge is 0.137 e. The minimum atomic E-state index is 0.457. The molecule has 0 aromatic heterocycles. The number of rotatable bonds is 5. The van der Waals surface area contributed by atoms with Crippen LogP contribution in [0, 0.1) is 0 Å². The predicted molar refractivity (Wildman–Crippen MR) is 95.2 cm³/mol. The minimum absolute atomic E-state index is 0.457. The Morgan fingerprint density at radius 2 is 2.00 bits per heavy atom. The highest BCUT2D eigenvalue weighted by Gasteiger charge is 2.20. The van der Waals surface area contributed by atoms with E-state index in [4.69, 9.17) is 16.3 Å². The van der Waals surface area contributed by atoms with Crippen molar-refractivity contribution in [1.82, 2.24) is 10.2 Å². The van der Waals surface area contributed by atoms with Crippen molar-refractivity contribution < 1.29 is 4.74 Å². The van der Waals surface area contributed by atoms with Gasteiger partial charge in [-0.05, 0) is 29.7 Å². The monoisotopic (exact) mass is 330 g/mol. The summed E-state index contributed by atoms with van der Waals surface area (Å²) in [6.07, 6.45) is 0.985. The Morgan fingerprint density at radius 3 is 2.78 bits per heavy atom. The molecule has 2 aromatic carbocycles. The van der Waals surface area contributed by atoms with Gasteiger partial charge in [0.25, 0.3) is 0 Å². The zero-order chi connectivity index (χ0) is 16.1. The van der Waals surface area contributed by atoms with E-state index in [0.717, 1.165) is 38.3 Å². The Bertz CT molecular complexity index is 633. The van der Waals surface area contributed by atoms with Crippen LogP contribution < -0.4 is 10.1 Å². The maximum Gasteiger partial charge on any atom is 0.137 e. The van der Waals surface area contributed by atoms with Gasteiger partial charge in [-0.25, -0.2) is 0 Å². The summed E-state index contributed by atoms with van der Waals surface area (Å²) in [6, 6.07) is 17.2. The molecule has 3 nitrogen and oxygen atoms in total. The van der Waals surface area contributed by atoms with Crippen molar-refractivity contribution in [3.8, 4) is 5.75 Å². The number of benzene rings is 2. The van der Waals surface area contributed by atoms with E-state index in [1.165, 1.54) is 11.1 Å². The SMILES string of the molecule is COc1cc(C[C@@H]2CN(Cc3ccccc3)CCN2)ccc1Cl. The summed E-state index contributed by atoms with van der Waals surface area (Å²) in [5.41, 5.74) is 2.63. The number of nitrogens with one attached hydrogen (secondary N) is 1. The van der Waals surface area contributed by atoms with Gasteiger partial charge < -0.3 is 10.1 Å². The van der Waals surface area contributed by atoms with Crippen molar-refractivity contribution in [2.24, 2.45) is 0 Å². The van der Waals surface area contributed by atoms with Crippen LogP contribution in [0.1, 0.15) is 11.1 Å². The second kappa shape index (κ2) is 7.82. The molecule has 122 valence electrons. The first-order valence-corrected chi connectivity index (χ1v) is 8.44.